The van der Waals surface area contributed by atoms with Crippen molar-refractivity contribution in [1.29, 1.82) is 0 Å². The van der Waals surface area contributed by atoms with Crippen LogP contribution in [0.3, 0.4) is 0 Å². The molecule has 0 saturated carbocycles. The van der Waals surface area contributed by atoms with E-state index in [1.165, 1.54) is 4.90 Å². The average molecular weight is 179 g/mol. The summed E-state index contributed by atoms with van der Waals surface area (Å²) in [6.07, 6.45) is 2.03. The van der Waals surface area contributed by atoms with E-state index in [-0.39, 0.29) is 5.88 Å². The Morgan fingerprint density at radius 1 is 1.42 bits per heavy atom. The van der Waals surface area contributed by atoms with Gasteiger partial charge in [0, 0.05) is 21.9 Å². The number of aromatic amines is 1. The zero-order valence-corrected chi connectivity index (χ0v) is 7.48. The van der Waals surface area contributed by atoms with Crippen LogP contribution in [0.2, 0.25) is 0 Å². The Morgan fingerprint density at radius 3 is 3.00 bits per heavy atom. The summed E-state index contributed by atoms with van der Waals surface area (Å²) in [6, 6.07) is 7.72. The molecule has 0 amide bonds. The Kier molecular flexibility index (Phi) is 1.73. The van der Waals surface area contributed by atoms with Crippen LogP contribution in [0.5, 0.6) is 5.88 Å². The highest BCUT2D eigenvalue weighted by Crippen LogP contribution is 2.28. The molecule has 1 heterocycles. The molecule has 2 rings (SSSR count). The SMILES string of the molecule is CSc1cccc2[nH]c(O)cc12. The molecule has 0 aliphatic heterocycles. The minimum Gasteiger partial charge on any atom is -0.495 e. The lowest BCUT2D eigenvalue weighted by molar-refractivity contribution is 0.458. The molecular formula is C9H9NOS. The van der Waals surface area contributed by atoms with E-state index < -0.39 is 0 Å². The molecule has 0 aliphatic carbocycles. The van der Waals surface area contributed by atoms with E-state index in [0.717, 1.165) is 10.9 Å². The predicted octanol–water partition coefficient (Wildman–Crippen LogP) is 2.60. The van der Waals surface area contributed by atoms with Gasteiger partial charge in [-0.15, -0.1) is 11.8 Å². The first-order chi connectivity index (χ1) is 5.81. The Morgan fingerprint density at radius 2 is 2.25 bits per heavy atom. The number of aromatic hydroxyl groups is 1. The molecule has 62 valence electrons. The topological polar surface area (TPSA) is 36.0 Å². The van der Waals surface area contributed by atoms with Crippen LogP contribution in [0.1, 0.15) is 0 Å². The zero-order chi connectivity index (χ0) is 8.55. The van der Waals surface area contributed by atoms with Crippen LogP contribution >= 0.6 is 11.8 Å². The number of benzene rings is 1. The molecule has 0 unspecified atom stereocenters. The Hall–Kier alpha value is -1.09. The van der Waals surface area contributed by atoms with E-state index in [9.17, 15) is 5.11 Å². The molecule has 2 N–H and O–H groups in total. The molecular weight excluding hydrogens is 170 g/mol. The molecule has 3 heteroatoms. The van der Waals surface area contributed by atoms with Crippen LogP contribution in [0, 0.1) is 0 Å². The normalized spacial score (nSPS) is 10.8. The quantitative estimate of drug-likeness (QED) is 0.660. The molecule has 0 atom stereocenters. The standard InChI is InChI=1S/C9H9NOS/c1-12-8-4-2-3-7-6(8)5-9(11)10-7/h2-5,10-11H,1H3. The van der Waals surface area contributed by atoms with Crippen LogP contribution in [0.15, 0.2) is 29.2 Å². The van der Waals surface area contributed by atoms with Crippen LogP contribution in [0.25, 0.3) is 10.9 Å². The number of hydrogen-bond donors (Lipinski definition) is 2. The van der Waals surface area contributed by atoms with Gasteiger partial charge in [0.25, 0.3) is 0 Å². The first-order valence-electron chi connectivity index (χ1n) is 3.66. The Labute approximate surface area is 74.6 Å². The first kappa shape index (κ1) is 7.55. The molecule has 1 aromatic carbocycles. The first-order valence-corrected chi connectivity index (χ1v) is 4.88. The second kappa shape index (κ2) is 2.75. The fraction of sp³-hybridized carbons (Fsp3) is 0.111. The molecule has 0 aliphatic rings. The highest BCUT2D eigenvalue weighted by molar-refractivity contribution is 7.98. The van der Waals surface area contributed by atoms with Crippen LogP contribution < -0.4 is 0 Å². The maximum atomic E-state index is 9.21. The lowest BCUT2D eigenvalue weighted by Gasteiger charge is -1.95. The summed E-state index contributed by atoms with van der Waals surface area (Å²) >= 11 is 1.68. The number of fused-ring (bicyclic) bond motifs is 1. The minimum atomic E-state index is 0.228. The zero-order valence-electron chi connectivity index (χ0n) is 6.66. The van der Waals surface area contributed by atoms with E-state index in [1.807, 2.05) is 24.5 Å². The summed E-state index contributed by atoms with van der Waals surface area (Å²) in [5.74, 6) is 0.228. The smallest absolute Gasteiger partial charge is 0.189 e. The van der Waals surface area contributed by atoms with Gasteiger partial charge >= 0.3 is 0 Å². The highest BCUT2D eigenvalue weighted by Gasteiger charge is 2.02. The van der Waals surface area contributed by atoms with Gasteiger partial charge in [-0.3, -0.25) is 0 Å². The van der Waals surface area contributed by atoms with Crippen molar-refractivity contribution >= 4 is 22.7 Å². The molecule has 1 aromatic heterocycles. The van der Waals surface area contributed by atoms with Crippen LogP contribution in [0.4, 0.5) is 0 Å². The second-order valence-corrected chi connectivity index (χ2v) is 3.42. The van der Waals surface area contributed by atoms with Crippen LogP contribution in [-0.4, -0.2) is 16.3 Å². The lowest BCUT2D eigenvalue weighted by atomic mass is 10.2. The van der Waals surface area contributed by atoms with Gasteiger partial charge < -0.3 is 10.1 Å². The molecule has 2 nitrogen and oxygen atoms in total. The van der Waals surface area contributed by atoms with Gasteiger partial charge in [0.15, 0.2) is 5.88 Å². The molecule has 0 radical (unpaired) electrons. The van der Waals surface area contributed by atoms with Crippen molar-refractivity contribution in [2.45, 2.75) is 4.90 Å². The number of aromatic nitrogens is 1. The predicted molar refractivity (Wildman–Crippen MR) is 51.7 cm³/mol. The van der Waals surface area contributed by atoms with Crippen LogP contribution in [-0.2, 0) is 0 Å². The number of nitrogens with one attached hydrogen (secondary N) is 1. The minimum absolute atomic E-state index is 0.228. The van der Waals surface area contributed by atoms with Gasteiger partial charge in [0.2, 0.25) is 0 Å². The summed E-state index contributed by atoms with van der Waals surface area (Å²) in [4.78, 5) is 4.06. The Bertz CT molecular complexity index is 408. The summed E-state index contributed by atoms with van der Waals surface area (Å²) in [6.45, 7) is 0. The summed E-state index contributed by atoms with van der Waals surface area (Å²) in [5, 5.41) is 10.3. The lowest BCUT2D eigenvalue weighted by Crippen LogP contribution is -1.70. The van der Waals surface area contributed by atoms with E-state index in [2.05, 4.69) is 4.98 Å². The van der Waals surface area contributed by atoms with Crippen molar-refractivity contribution < 1.29 is 5.11 Å². The summed E-state index contributed by atoms with van der Waals surface area (Å²) < 4.78 is 0. The van der Waals surface area contributed by atoms with Crippen molar-refractivity contribution in [1.82, 2.24) is 4.98 Å². The van der Waals surface area contributed by atoms with Crippen molar-refractivity contribution in [2.24, 2.45) is 0 Å². The monoisotopic (exact) mass is 179 g/mol. The Balaban J connectivity index is 2.78. The van der Waals surface area contributed by atoms with Crippen molar-refractivity contribution in [3.05, 3.63) is 24.3 Å². The number of thioether (sulfide) groups is 1. The maximum absolute atomic E-state index is 9.21. The molecule has 2 aromatic rings. The highest BCUT2D eigenvalue weighted by atomic mass is 32.2. The molecule has 0 saturated heterocycles. The third-order valence-corrected chi connectivity index (χ3v) is 2.63. The van der Waals surface area contributed by atoms with E-state index in [1.54, 1.807) is 17.8 Å². The third kappa shape index (κ3) is 1.06. The van der Waals surface area contributed by atoms with Gasteiger partial charge in [-0.05, 0) is 18.4 Å². The fourth-order valence-corrected chi connectivity index (χ4v) is 1.89. The van der Waals surface area contributed by atoms with Crippen molar-refractivity contribution in [3.63, 3.8) is 0 Å². The van der Waals surface area contributed by atoms with Gasteiger partial charge in [-0.1, -0.05) is 6.07 Å². The fourth-order valence-electron chi connectivity index (χ4n) is 1.29. The van der Waals surface area contributed by atoms with E-state index in [0.29, 0.717) is 0 Å². The molecule has 0 bridgehead atoms. The van der Waals surface area contributed by atoms with Gasteiger partial charge in [-0.2, -0.15) is 0 Å². The average Bonchev–Trinajstić information content (AvgIpc) is 2.44. The van der Waals surface area contributed by atoms with Crippen molar-refractivity contribution in [2.75, 3.05) is 6.26 Å². The van der Waals surface area contributed by atoms with Gasteiger partial charge in [-0.25, -0.2) is 0 Å². The second-order valence-electron chi connectivity index (χ2n) is 2.58. The molecule has 12 heavy (non-hydrogen) atoms. The van der Waals surface area contributed by atoms with Crippen molar-refractivity contribution in [3.8, 4) is 5.88 Å². The van der Waals surface area contributed by atoms with E-state index >= 15 is 0 Å². The number of hydrogen-bond acceptors (Lipinski definition) is 2. The largest absolute Gasteiger partial charge is 0.495 e. The third-order valence-electron chi connectivity index (χ3n) is 1.83. The summed E-state index contributed by atoms with van der Waals surface area (Å²) in [5.41, 5.74) is 0.986. The summed E-state index contributed by atoms with van der Waals surface area (Å²) in [7, 11) is 0. The van der Waals surface area contributed by atoms with E-state index in [4.69, 9.17) is 0 Å². The maximum Gasteiger partial charge on any atom is 0.189 e. The number of rotatable bonds is 1. The van der Waals surface area contributed by atoms with Gasteiger partial charge in [0.1, 0.15) is 0 Å². The molecule has 0 fully saturated rings. The number of H-pyrrole nitrogens is 1. The van der Waals surface area contributed by atoms with Gasteiger partial charge in [0.05, 0.1) is 0 Å². The molecule has 0 spiro atoms.